The van der Waals surface area contributed by atoms with Gasteiger partial charge < -0.3 is 15.0 Å². The average Bonchev–Trinajstić information content (AvgIpc) is 2.72. The van der Waals surface area contributed by atoms with Crippen molar-refractivity contribution in [1.29, 1.82) is 0 Å². The van der Waals surface area contributed by atoms with Crippen LogP contribution < -0.4 is 5.32 Å². The summed E-state index contributed by atoms with van der Waals surface area (Å²) in [6, 6.07) is 1.66. The highest BCUT2D eigenvalue weighted by molar-refractivity contribution is 9.11. The Labute approximate surface area is 118 Å². The van der Waals surface area contributed by atoms with Crippen LogP contribution in [0, 0.1) is 0 Å². The molecule has 1 rings (SSSR count). The summed E-state index contributed by atoms with van der Waals surface area (Å²) in [5.41, 5.74) is 1.04. The van der Waals surface area contributed by atoms with Crippen LogP contribution in [-0.2, 0) is 16.1 Å². The number of hydrogen-bond donors (Lipinski definition) is 1. The highest BCUT2D eigenvalue weighted by Crippen LogP contribution is 2.21. The van der Waals surface area contributed by atoms with E-state index < -0.39 is 5.97 Å². The van der Waals surface area contributed by atoms with E-state index in [-0.39, 0.29) is 12.6 Å². The zero-order valence-corrected chi connectivity index (χ0v) is 12.6. The van der Waals surface area contributed by atoms with Crippen LogP contribution in [0.4, 0.5) is 4.79 Å². The van der Waals surface area contributed by atoms with Gasteiger partial charge in [-0.05, 0) is 39.9 Å². The molecule has 1 aromatic rings. The minimum atomic E-state index is -0.433. The molecule has 0 aliphatic carbocycles. The second-order valence-corrected chi connectivity index (χ2v) is 5.87. The van der Waals surface area contributed by atoms with Gasteiger partial charge in [0.15, 0.2) is 0 Å². The van der Waals surface area contributed by atoms with Gasteiger partial charge in [0.2, 0.25) is 0 Å². The molecule has 0 radical (unpaired) electrons. The molecule has 100 valence electrons. The van der Waals surface area contributed by atoms with Gasteiger partial charge in [-0.25, -0.2) is 4.79 Å². The number of amides is 2. The van der Waals surface area contributed by atoms with Crippen molar-refractivity contribution >= 4 is 39.3 Å². The van der Waals surface area contributed by atoms with Gasteiger partial charge in [-0.15, -0.1) is 11.3 Å². The lowest BCUT2D eigenvalue weighted by molar-refractivity contribution is -0.141. The van der Waals surface area contributed by atoms with Gasteiger partial charge in [-0.3, -0.25) is 4.79 Å². The summed E-state index contributed by atoms with van der Waals surface area (Å²) in [4.78, 5) is 24.2. The van der Waals surface area contributed by atoms with Gasteiger partial charge in [-0.2, -0.15) is 0 Å². The van der Waals surface area contributed by atoms with E-state index in [4.69, 9.17) is 4.74 Å². The van der Waals surface area contributed by atoms with Crippen LogP contribution in [0.15, 0.2) is 15.2 Å². The Morgan fingerprint density at radius 1 is 1.56 bits per heavy atom. The normalized spacial score (nSPS) is 9.94. The third-order valence-electron chi connectivity index (χ3n) is 2.08. The topological polar surface area (TPSA) is 58.6 Å². The van der Waals surface area contributed by atoms with Gasteiger partial charge in [0.05, 0.1) is 10.4 Å². The lowest BCUT2D eigenvalue weighted by Crippen LogP contribution is -2.39. The van der Waals surface area contributed by atoms with Crippen LogP contribution in [0.5, 0.6) is 0 Å². The molecule has 7 heteroatoms. The molecule has 1 aromatic heterocycles. The van der Waals surface area contributed by atoms with Gasteiger partial charge >= 0.3 is 12.0 Å². The van der Waals surface area contributed by atoms with E-state index in [0.29, 0.717) is 13.2 Å². The number of urea groups is 1. The highest BCUT2D eigenvalue weighted by atomic mass is 79.9. The first kappa shape index (κ1) is 15.0. The maximum atomic E-state index is 11.7. The highest BCUT2D eigenvalue weighted by Gasteiger charge is 2.11. The summed E-state index contributed by atoms with van der Waals surface area (Å²) in [7, 11) is 1.67. The predicted octanol–water partition coefficient (Wildman–Crippen LogP) is 2.22. The first-order valence-electron chi connectivity index (χ1n) is 5.40. The quantitative estimate of drug-likeness (QED) is 0.840. The molecule has 2 amide bonds. The molecule has 0 unspecified atom stereocenters. The van der Waals surface area contributed by atoms with Gasteiger partial charge in [0.1, 0.15) is 6.54 Å². The molecule has 0 aromatic carbocycles. The molecule has 0 aliphatic heterocycles. The van der Waals surface area contributed by atoms with Gasteiger partial charge in [0, 0.05) is 13.6 Å². The van der Waals surface area contributed by atoms with Crippen molar-refractivity contribution in [3.63, 3.8) is 0 Å². The Morgan fingerprint density at radius 2 is 2.28 bits per heavy atom. The second-order valence-electron chi connectivity index (χ2n) is 3.58. The Hall–Kier alpha value is -1.08. The Kier molecular flexibility index (Phi) is 6.14. The van der Waals surface area contributed by atoms with Crippen molar-refractivity contribution in [2.75, 3.05) is 20.2 Å². The first-order valence-corrected chi connectivity index (χ1v) is 7.07. The van der Waals surface area contributed by atoms with Crippen LogP contribution in [0.2, 0.25) is 0 Å². The van der Waals surface area contributed by atoms with Crippen LogP contribution in [0.25, 0.3) is 0 Å². The van der Waals surface area contributed by atoms with Crippen LogP contribution >= 0.6 is 27.3 Å². The number of hydrogen-bond acceptors (Lipinski definition) is 4. The molecule has 1 N–H and O–H groups in total. The summed E-state index contributed by atoms with van der Waals surface area (Å²) in [6.07, 6.45) is 0. The predicted molar refractivity (Wildman–Crippen MR) is 73.5 cm³/mol. The van der Waals surface area contributed by atoms with E-state index in [1.807, 2.05) is 11.4 Å². The molecule has 0 fully saturated rings. The number of nitrogens with zero attached hydrogens (tertiary/aromatic N) is 1. The standard InChI is InChI=1S/C11H15BrN2O3S/c1-3-17-10(15)5-13-11(16)14(2)6-8-4-9(12)18-7-8/h4,7H,3,5-6H2,1-2H3,(H,13,16). The zero-order chi connectivity index (χ0) is 13.5. The number of halogens is 1. The lowest BCUT2D eigenvalue weighted by atomic mass is 10.3. The van der Waals surface area contributed by atoms with E-state index in [1.165, 1.54) is 4.90 Å². The molecule has 0 saturated heterocycles. The first-order chi connectivity index (χ1) is 8.52. The van der Waals surface area contributed by atoms with Crippen molar-refractivity contribution in [2.45, 2.75) is 13.5 Å². The molecular weight excluding hydrogens is 320 g/mol. The van der Waals surface area contributed by atoms with E-state index >= 15 is 0 Å². The Bertz CT molecular complexity index is 422. The number of carbonyl (C=O) groups excluding carboxylic acids is 2. The molecule has 1 heterocycles. The number of carbonyl (C=O) groups is 2. The van der Waals surface area contributed by atoms with Crippen LogP contribution in [0.3, 0.4) is 0 Å². The molecule has 0 bridgehead atoms. The van der Waals surface area contributed by atoms with E-state index in [0.717, 1.165) is 9.35 Å². The second kappa shape index (κ2) is 7.38. The molecule has 0 atom stereocenters. The van der Waals surface area contributed by atoms with Crippen molar-refractivity contribution in [2.24, 2.45) is 0 Å². The number of nitrogens with one attached hydrogen (secondary N) is 1. The fourth-order valence-electron chi connectivity index (χ4n) is 1.27. The minimum absolute atomic E-state index is 0.107. The minimum Gasteiger partial charge on any atom is -0.465 e. The summed E-state index contributed by atoms with van der Waals surface area (Å²) in [5.74, 6) is -0.433. The molecule has 5 nitrogen and oxygen atoms in total. The Morgan fingerprint density at radius 3 is 2.83 bits per heavy atom. The summed E-state index contributed by atoms with van der Waals surface area (Å²) >= 11 is 4.93. The largest absolute Gasteiger partial charge is 0.465 e. The molecule has 0 spiro atoms. The van der Waals surface area contributed by atoms with Crippen molar-refractivity contribution in [3.8, 4) is 0 Å². The maximum absolute atomic E-state index is 11.7. The summed E-state index contributed by atoms with van der Waals surface area (Å²) in [6.45, 7) is 2.43. The summed E-state index contributed by atoms with van der Waals surface area (Å²) in [5, 5.41) is 4.47. The molecule has 0 aliphatic rings. The zero-order valence-electron chi connectivity index (χ0n) is 10.2. The number of ether oxygens (including phenoxy) is 1. The van der Waals surface area contributed by atoms with E-state index in [9.17, 15) is 9.59 Å². The number of esters is 1. The third kappa shape index (κ3) is 5.05. The van der Waals surface area contributed by atoms with Crippen molar-refractivity contribution < 1.29 is 14.3 Å². The molecule has 18 heavy (non-hydrogen) atoms. The summed E-state index contributed by atoms with van der Waals surface area (Å²) < 4.78 is 5.74. The van der Waals surface area contributed by atoms with Gasteiger partial charge in [-0.1, -0.05) is 0 Å². The Balaban J connectivity index is 2.35. The molecule has 0 saturated carbocycles. The maximum Gasteiger partial charge on any atom is 0.325 e. The number of thiophene rings is 1. The van der Waals surface area contributed by atoms with Crippen LogP contribution in [-0.4, -0.2) is 37.1 Å². The van der Waals surface area contributed by atoms with E-state index in [2.05, 4.69) is 21.2 Å². The molecular formula is C11H15BrN2O3S. The van der Waals surface area contributed by atoms with Crippen molar-refractivity contribution in [1.82, 2.24) is 10.2 Å². The van der Waals surface area contributed by atoms with E-state index in [1.54, 1.807) is 25.3 Å². The SMILES string of the molecule is CCOC(=O)CNC(=O)N(C)Cc1csc(Br)c1. The van der Waals surface area contributed by atoms with Crippen LogP contribution in [0.1, 0.15) is 12.5 Å². The third-order valence-corrected chi connectivity index (χ3v) is 3.63. The van der Waals surface area contributed by atoms with Gasteiger partial charge in [0.25, 0.3) is 0 Å². The monoisotopic (exact) mass is 334 g/mol. The lowest BCUT2D eigenvalue weighted by Gasteiger charge is -2.16. The van der Waals surface area contributed by atoms with Crippen molar-refractivity contribution in [3.05, 3.63) is 20.8 Å². The average molecular weight is 335 g/mol. The number of rotatable bonds is 5. The smallest absolute Gasteiger partial charge is 0.325 e. The fraction of sp³-hybridized carbons (Fsp3) is 0.455. The fourth-order valence-corrected chi connectivity index (χ4v) is 2.47.